The van der Waals surface area contributed by atoms with Gasteiger partial charge in [-0.3, -0.25) is 0 Å². The summed E-state index contributed by atoms with van der Waals surface area (Å²) in [6, 6.07) is 16.8. The number of hydrogen-bond donors (Lipinski definition) is 2. The predicted octanol–water partition coefficient (Wildman–Crippen LogP) is 3.87. The molecule has 5 heteroatoms. The first-order chi connectivity index (χ1) is 12.3. The van der Waals surface area contributed by atoms with Crippen LogP contribution in [0, 0.1) is 0 Å². The molecular weight excluding hydrogens is 312 g/mol. The number of aromatic nitrogens is 2. The van der Waals surface area contributed by atoms with Crippen LogP contribution in [0.1, 0.15) is 18.4 Å². The summed E-state index contributed by atoms with van der Waals surface area (Å²) < 4.78 is 5.19. The zero-order valence-electron chi connectivity index (χ0n) is 14.3. The van der Waals surface area contributed by atoms with E-state index in [4.69, 9.17) is 4.74 Å². The summed E-state index contributed by atoms with van der Waals surface area (Å²) in [5.41, 5.74) is 2.22. The molecule has 0 spiro atoms. The molecule has 25 heavy (non-hydrogen) atoms. The second-order valence-electron chi connectivity index (χ2n) is 6.36. The third-order valence-corrected chi connectivity index (χ3v) is 4.38. The summed E-state index contributed by atoms with van der Waals surface area (Å²) in [5, 5.41) is 7.95. The molecule has 2 aromatic carbocycles. The van der Waals surface area contributed by atoms with Crippen LogP contribution in [0.15, 0.2) is 48.5 Å². The maximum atomic E-state index is 5.19. The van der Waals surface area contributed by atoms with Crippen LogP contribution in [0.5, 0.6) is 5.75 Å². The maximum Gasteiger partial charge on any atom is 0.225 e. The van der Waals surface area contributed by atoms with Gasteiger partial charge in [0.2, 0.25) is 5.95 Å². The maximum absolute atomic E-state index is 5.19. The molecule has 0 radical (unpaired) electrons. The van der Waals surface area contributed by atoms with Crippen molar-refractivity contribution in [3.8, 4) is 5.75 Å². The van der Waals surface area contributed by atoms with Gasteiger partial charge in [0.1, 0.15) is 11.6 Å². The Labute approximate surface area is 147 Å². The summed E-state index contributed by atoms with van der Waals surface area (Å²) in [6.07, 6.45) is 3.35. The highest BCUT2D eigenvalue weighted by atomic mass is 16.5. The van der Waals surface area contributed by atoms with E-state index in [1.54, 1.807) is 7.11 Å². The van der Waals surface area contributed by atoms with Crippen LogP contribution in [0.2, 0.25) is 0 Å². The van der Waals surface area contributed by atoms with E-state index in [2.05, 4.69) is 38.8 Å². The normalized spacial score (nSPS) is 13.6. The Balaban J connectivity index is 1.46. The first kappa shape index (κ1) is 15.7. The summed E-state index contributed by atoms with van der Waals surface area (Å²) in [7, 11) is 1.68. The molecule has 1 heterocycles. The largest absolute Gasteiger partial charge is 0.497 e. The van der Waals surface area contributed by atoms with E-state index in [1.165, 1.54) is 18.4 Å². The number of benzene rings is 2. The molecular formula is C20H22N4O. The van der Waals surface area contributed by atoms with Gasteiger partial charge in [0.25, 0.3) is 0 Å². The van der Waals surface area contributed by atoms with Crippen molar-refractivity contribution in [3.63, 3.8) is 0 Å². The van der Waals surface area contributed by atoms with Gasteiger partial charge in [0.05, 0.1) is 12.6 Å². The molecule has 0 bridgehead atoms. The summed E-state index contributed by atoms with van der Waals surface area (Å²) in [5.74, 6) is 2.49. The lowest BCUT2D eigenvalue weighted by Crippen LogP contribution is -2.11. The van der Waals surface area contributed by atoms with Crippen LogP contribution in [-0.2, 0) is 6.42 Å². The van der Waals surface area contributed by atoms with Crippen molar-refractivity contribution in [2.24, 2.45) is 0 Å². The van der Waals surface area contributed by atoms with E-state index >= 15 is 0 Å². The molecule has 1 aliphatic rings. The van der Waals surface area contributed by atoms with Crippen molar-refractivity contribution >= 4 is 22.7 Å². The van der Waals surface area contributed by atoms with Gasteiger partial charge in [0, 0.05) is 18.0 Å². The van der Waals surface area contributed by atoms with Gasteiger partial charge in [0.15, 0.2) is 0 Å². The van der Waals surface area contributed by atoms with Crippen LogP contribution >= 0.6 is 0 Å². The van der Waals surface area contributed by atoms with Crippen molar-refractivity contribution in [2.45, 2.75) is 25.3 Å². The Morgan fingerprint density at radius 1 is 1.04 bits per heavy atom. The molecule has 1 aromatic heterocycles. The fourth-order valence-corrected chi connectivity index (χ4v) is 2.80. The quantitative estimate of drug-likeness (QED) is 0.687. The summed E-state index contributed by atoms with van der Waals surface area (Å²) >= 11 is 0. The molecule has 1 saturated carbocycles. The second-order valence-corrected chi connectivity index (χ2v) is 6.36. The monoisotopic (exact) mass is 334 g/mol. The molecule has 0 unspecified atom stereocenters. The van der Waals surface area contributed by atoms with Crippen molar-refractivity contribution in [1.82, 2.24) is 9.97 Å². The highest BCUT2D eigenvalue weighted by molar-refractivity contribution is 5.90. The van der Waals surface area contributed by atoms with Crippen LogP contribution < -0.4 is 15.4 Å². The zero-order chi connectivity index (χ0) is 17.1. The molecule has 4 rings (SSSR count). The van der Waals surface area contributed by atoms with Crippen molar-refractivity contribution in [3.05, 3.63) is 54.1 Å². The Morgan fingerprint density at radius 2 is 1.84 bits per heavy atom. The molecule has 0 amide bonds. The van der Waals surface area contributed by atoms with E-state index in [-0.39, 0.29) is 0 Å². The second kappa shape index (κ2) is 6.97. The topological polar surface area (TPSA) is 59.1 Å². The summed E-state index contributed by atoms with van der Waals surface area (Å²) in [6.45, 7) is 0.785. The van der Waals surface area contributed by atoms with Crippen LogP contribution in [-0.4, -0.2) is 29.7 Å². The SMILES string of the molecule is COc1ccc(CCNc2nc(NC3CC3)c3ccccc3n2)cc1. The number of hydrogen-bond acceptors (Lipinski definition) is 5. The number of nitrogens with zero attached hydrogens (tertiary/aromatic N) is 2. The van der Waals surface area contributed by atoms with E-state index < -0.39 is 0 Å². The number of para-hydroxylation sites is 1. The van der Waals surface area contributed by atoms with Gasteiger partial charge in [-0.05, 0) is 49.1 Å². The van der Waals surface area contributed by atoms with E-state index in [0.29, 0.717) is 12.0 Å². The molecule has 0 aliphatic heterocycles. The van der Waals surface area contributed by atoms with Crippen molar-refractivity contribution in [1.29, 1.82) is 0 Å². The lowest BCUT2D eigenvalue weighted by Gasteiger charge is -2.11. The first-order valence-electron chi connectivity index (χ1n) is 8.72. The lowest BCUT2D eigenvalue weighted by molar-refractivity contribution is 0.414. The Kier molecular flexibility index (Phi) is 4.37. The predicted molar refractivity (Wildman–Crippen MR) is 101 cm³/mol. The molecule has 1 aliphatic carbocycles. The van der Waals surface area contributed by atoms with Gasteiger partial charge in [-0.15, -0.1) is 0 Å². The third kappa shape index (κ3) is 3.82. The molecule has 2 N–H and O–H groups in total. The minimum Gasteiger partial charge on any atom is -0.497 e. The molecule has 128 valence electrons. The Morgan fingerprint density at radius 3 is 2.60 bits per heavy atom. The van der Waals surface area contributed by atoms with Gasteiger partial charge >= 0.3 is 0 Å². The first-order valence-corrected chi connectivity index (χ1v) is 8.72. The third-order valence-electron chi connectivity index (χ3n) is 4.38. The standard InChI is InChI=1S/C20H22N4O/c1-25-16-10-6-14(7-11-16)12-13-21-20-23-18-5-3-2-4-17(18)19(24-20)22-15-8-9-15/h2-7,10-11,15H,8-9,12-13H2,1H3,(H2,21,22,23,24). The average Bonchev–Trinajstić information content (AvgIpc) is 3.46. The highest BCUT2D eigenvalue weighted by Crippen LogP contribution is 2.28. The molecule has 0 atom stereocenters. The molecule has 1 fully saturated rings. The molecule has 3 aromatic rings. The fraction of sp³-hybridized carbons (Fsp3) is 0.300. The average molecular weight is 334 g/mol. The number of anilines is 2. The Hall–Kier alpha value is -2.82. The van der Waals surface area contributed by atoms with Crippen LogP contribution in [0.4, 0.5) is 11.8 Å². The number of methoxy groups -OCH3 is 1. The van der Waals surface area contributed by atoms with Gasteiger partial charge in [-0.1, -0.05) is 24.3 Å². The van der Waals surface area contributed by atoms with E-state index in [0.717, 1.165) is 35.4 Å². The number of ether oxygens (including phenoxy) is 1. The van der Waals surface area contributed by atoms with Crippen molar-refractivity contribution < 1.29 is 4.74 Å². The minimum absolute atomic E-state index is 0.561. The lowest BCUT2D eigenvalue weighted by atomic mass is 10.1. The minimum atomic E-state index is 0.561. The molecule has 0 saturated heterocycles. The van der Waals surface area contributed by atoms with Gasteiger partial charge in [-0.25, -0.2) is 4.98 Å². The molecule has 5 nitrogen and oxygen atoms in total. The Bertz CT molecular complexity index is 859. The fourth-order valence-electron chi connectivity index (χ4n) is 2.80. The highest BCUT2D eigenvalue weighted by Gasteiger charge is 2.22. The van der Waals surface area contributed by atoms with Crippen molar-refractivity contribution in [2.75, 3.05) is 24.3 Å². The number of nitrogens with one attached hydrogen (secondary N) is 2. The van der Waals surface area contributed by atoms with Gasteiger partial charge in [-0.2, -0.15) is 4.98 Å². The summed E-state index contributed by atoms with van der Waals surface area (Å²) in [4.78, 5) is 9.33. The van der Waals surface area contributed by atoms with Gasteiger partial charge < -0.3 is 15.4 Å². The van der Waals surface area contributed by atoms with E-state index in [9.17, 15) is 0 Å². The van der Waals surface area contributed by atoms with Crippen LogP contribution in [0.25, 0.3) is 10.9 Å². The number of fused-ring (bicyclic) bond motifs is 1. The smallest absolute Gasteiger partial charge is 0.225 e. The zero-order valence-corrected chi connectivity index (χ0v) is 14.3. The number of rotatable bonds is 7. The van der Waals surface area contributed by atoms with Crippen LogP contribution in [0.3, 0.4) is 0 Å². The van der Waals surface area contributed by atoms with E-state index in [1.807, 2.05) is 30.3 Å².